The normalized spacial score (nSPS) is 10.1. The third-order valence-electron chi connectivity index (χ3n) is 2.58. The van der Waals surface area contributed by atoms with E-state index in [1.807, 2.05) is 0 Å². The van der Waals surface area contributed by atoms with Crippen molar-refractivity contribution in [1.82, 2.24) is 4.98 Å². The van der Waals surface area contributed by atoms with Gasteiger partial charge in [0.25, 0.3) is 5.91 Å². The minimum Gasteiger partial charge on any atom is -0.399 e. The van der Waals surface area contributed by atoms with Crippen molar-refractivity contribution in [3.05, 3.63) is 54.1 Å². The van der Waals surface area contributed by atoms with E-state index in [0.717, 1.165) is 6.07 Å². The molecular weight excluding hydrogens is 233 g/mol. The molecule has 0 saturated heterocycles. The third-order valence-corrected chi connectivity index (χ3v) is 2.58. The molecule has 92 valence electrons. The number of halogens is 1. The van der Waals surface area contributed by atoms with E-state index < -0.39 is 11.7 Å². The van der Waals surface area contributed by atoms with Crippen LogP contribution < -0.4 is 10.6 Å². The summed E-state index contributed by atoms with van der Waals surface area (Å²) in [7, 11) is 1.58. The maximum Gasteiger partial charge on any atom is 0.260 e. The molecule has 0 aliphatic rings. The van der Waals surface area contributed by atoms with Crippen molar-refractivity contribution in [2.24, 2.45) is 0 Å². The van der Waals surface area contributed by atoms with Crippen LogP contribution >= 0.6 is 0 Å². The van der Waals surface area contributed by atoms with Gasteiger partial charge in [0.05, 0.1) is 5.56 Å². The summed E-state index contributed by atoms with van der Waals surface area (Å²) >= 11 is 0. The van der Waals surface area contributed by atoms with Gasteiger partial charge in [0.15, 0.2) is 0 Å². The molecule has 0 unspecified atom stereocenters. The van der Waals surface area contributed by atoms with Crippen LogP contribution in [0.4, 0.5) is 15.8 Å². The molecule has 2 rings (SSSR count). The Kier molecular flexibility index (Phi) is 3.23. The molecule has 0 fully saturated rings. The van der Waals surface area contributed by atoms with E-state index in [2.05, 4.69) is 4.98 Å². The zero-order chi connectivity index (χ0) is 13.1. The molecule has 0 atom stereocenters. The largest absolute Gasteiger partial charge is 0.399 e. The van der Waals surface area contributed by atoms with Crippen LogP contribution in [-0.4, -0.2) is 17.9 Å². The fraction of sp³-hybridized carbons (Fsp3) is 0.0769. The highest BCUT2D eigenvalue weighted by Crippen LogP contribution is 2.17. The predicted octanol–water partition coefficient (Wildman–Crippen LogP) is 2.08. The number of nitrogens with two attached hydrogens (primary N) is 1. The van der Waals surface area contributed by atoms with E-state index in [1.54, 1.807) is 31.6 Å². The van der Waals surface area contributed by atoms with Crippen molar-refractivity contribution in [2.75, 3.05) is 17.7 Å². The number of benzene rings is 1. The standard InChI is InChI=1S/C13H12FN3O/c1-17(10-4-6-16-7-5-10)13(18)11-3-2-9(15)8-12(11)14/h2-8H,15H2,1H3. The van der Waals surface area contributed by atoms with Crippen LogP contribution in [0.15, 0.2) is 42.7 Å². The van der Waals surface area contributed by atoms with Crippen LogP contribution in [-0.2, 0) is 0 Å². The second-order valence-corrected chi connectivity index (χ2v) is 3.81. The Bertz CT molecular complexity index is 572. The fourth-order valence-electron chi connectivity index (χ4n) is 1.57. The average molecular weight is 245 g/mol. The predicted molar refractivity (Wildman–Crippen MR) is 67.8 cm³/mol. The van der Waals surface area contributed by atoms with E-state index >= 15 is 0 Å². The van der Waals surface area contributed by atoms with Gasteiger partial charge in [0.1, 0.15) is 5.82 Å². The van der Waals surface area contributed by atoms with Crippen LogP contribution in [0.25, 0.3) is 0 Å². The summed E-state index contributed by atoms with van der Waals surface area (Å²) in [4.78, 5) is 17.3. The SMILES string of the molecule is CN(C(=O)c1ccc(N)cc1F)c1ccncc1. The monoisotopic (exact) mass is 245 g/mol. The van der Waals surface area contributed by atoms with Gasteiger partial charge >= 0.3 is 0 Å². The number of amides is 1. The molecule has 4 nitrogen and oxygen atoms in total. The average Bonchev–Trinajstić information content (AvgIpc) is 2.38. The van der Waals surface area contributed by atoms with Crippen molar-refractivity contribution in [1.29, 1.82) is 0 Å². The zero-order valence-electron chi connectivity index (χ0n) is 9.80. The number of anilines is 2. The number of nitrogens with zero attached hydrogens (tertiary/aromatic N) is 2. The Labute approximate surface area is 104 Å². The molecule has 5 heteroatoms. The molecule has 2 aromatic rings. The zero-order valence-corrected chi connectivity index (χ0v) is 9.80. The summed E-state index contributed by atoms with van der Waals surface area (Å²) in [5, 5.41) is 0. The van der Waals surface area contributed by atoms with Crippen molar-refractivity contribution in [3.8, 4) is 0 Å². The first kappa shape index (κ1) is 12.0. The second kappa shape index (κ2) is 4.83. The summed E-state index contributed by atoms with van der Waals surface area (Å²) in [6.07, 6.45) is 3.14. The fourth-order valence-corrected chi connectivity index (χ4v) is 1.57. The molecule has 0 saturated carbocycles. The van der Waals surface area contributed by atoms with Crippen molar-refractivity contribution in [2.45, 2.75) is 0 Å². The highest BCUT2D eigenvalue weighted by molar-refractivity contribution is 6.06. The number of carbonyl (C=O) groups is 1. The summed E-state index contributed by atoms with van der Waals surface area (Å²) in [6.45, 7) is 0. The van der Waals surface area contributed by atoms with E-state index in [4.69, 9.17) is 5.73 Å². The van der Waals surface area contributed by atoms with Gasteiger partial charge in [-0.25, -0.2) is 4.39 Å². The molecule has 1 aromatic heterocycles. The Hall–Kier alpha value is -2.43. The quantitative estimate of drug-likeness (QED) is 0.824. The van der Waals surface area contributed by atoms with Gasteiger partial charge in [0, 0.05) is 30.8 Å². The highest BCUT2D eigenvalue weighted by Gasteiger charge is 2.17. The van der Waals surface area contributed by atoms with Crippen LogP contribution in [0.5, 0.6) is 0 Å². The molecule has 1 amide bonds. The van der Waals surface area contributed by atoms with Crippen LogP contribution in [0, 0.1) is 5.82 Å². The third kappa shape index (κ3) is 2.29. The Balaban J connectivity index is 2.32. The summed E-state index contributed by atoms with van der Waals surface area (Å²) in [6, 6.07) is 7.36. The van der Waals surface area contributed by atoms with Gasteiger partial charge in [-0.3, -0.25) is 9.78 Å². The molecule has 1 aromatic carbocycles. The number of rotatable bonds is 2. The van der Waals surface area contributed by atoms with Gasteiger partial charge in [-0.2, -0.15) is 0 Å². The minimum atomic E-state index is -0.624. The lowest BCUT2D eigenvalue weighted by molar-refractivity contribution is 0.0989. The van der Waals surface area contributed by atoms with E-state index in [1.165, 1.54) is 17.0 Å². The topological polar surface area (TPSA) is 59.2 Å². The van der Waals surface area contributed by atoms with Gasteiger partial charge in [-0.15, -0.1) is 0 Å². The molecule has 1 heterocycles. The number of hydrogen-bond donors (Lipinski definition) is 1. The van der Waals surface area contributed by atoms with Crippen LogP contribution in [0.3, 0.4) is 0 Å². The molecule has 0 aliphatic carbocycles. The van der Waals surface area contributed by atoms with Crippen LogP contribution in [0.2, 0.25) is 0 Å². The molecule has 0 spiro atoms. The number of hydrogen-bond acceptors (Lipinski definition) is 3. The van der Waals surface area contributed by atoms with E-state index in [9.17, 15) is 9.18 Å². The highest BCUT2D eigenvalue weighted by atomic mass is 19.1. The van der Waals surface area contributed by atoms with Gasteiger partial charge in [-0.05, 0) is 30.3 Å². The van der Waals surface area contributed by atoms with Gasteiger partial charge in [0.2, 0.25) is 0 Å². The van der Waals surface area contributed by atoms with Gasteiger partial charge in [-0.1, -0.05) is 0 Å². The smallest absolute Gasteiger partial charge is 0.260 e. The Morgan fingerprint density at radius 1 is 1.28 bits per heavy atom. The molecule has 18 heavy (non-hydrogen) atoms. The second-order valence-electron chi connectivity index (χ2n) is 3.81. The first-order valence-electron chi connectivity index (χ1n) is 5.32. The summed E-state index contributed by atoms with van der Waals surface area (Å²) in [5.74, 6) is -1.06. The Morgan fingerprint density at radius 3 is 2.56 bits per heavy atom. The molecular formula is C13H12FN3O. The molecule has 2 N–H and O–H groups in total. The number of aromatic nitrogens is 1. The van der Waals surface area contributed by atoms with E-state index in [-0.39, 0.29) is 11.3 Å². The summed E-state index contributed by atoms with van der Waals surface area (Å²) < 4.78 is 13.6. The molecule has 0 radical (unpaired) electrons. The van der Waals surface area contributed by atoms with Crippen molar-refractivity contribution >= 4 is 17.3 Å². The number of carbonyl (C=O) groups excluding carboxylic acids is 1. The number of nitrogen functional groups attached to an aromatic ring is 1. The molecule has 0 aliphatic heterocycles. The Morgan fingerprint density at radius 2 is 1.94 bits per heavy atom. The van der Waals surface area contributed by atoms with Crippen LogP contribution in [0.1, 0.15) is 10.4 Å². The lowest BCUT2D eigenvalue weighted by Gasteiger charge is -2.17. The van der Waals surface area contributed by atoms with Gasteiger partial charge < -0.3 is 10.6 Å². The maximum atomic E-state index is 13.6. The van der Waals surface area contributed by atoms with Crippen molar-refractivity contribution in [3.63, 3.8) is 0 Å². The minimum absolute atomic E-state index is 0.0106. The first-order valence-corrected chi connectivity index (χ1v) is 5.32. The molecule has 0 bridgehead atoms. The van der Waals surface area contributed by atoms with Crippen molar-refractivity contribution < 1.29 is 9.18 Å². The maximum absolute atomic E-state index is 13.6. The summed E-state index contributed by atoms with van der Waals surface area (Å²) in [5.41, 5.74) is 6.36. The number of pyridine rings is 1. The first-order chi connectivity index (χ1) is 8.59. The lowest BCUT2D eigenvalue weighted by atomic mass is 10.1. The lowest BCUT2D eigenvalue weighted by Crippen LogP contribution is -2.27. The van der Waals surface area contributed by atoms with E-state index in [0.29, 0.717) is 5.69 Å².